The second kappa shape index (κ2) is 9.15. The maximum absolute atomic E-state index is 12.1. The Kier molecular flexibility index (Phi) is 7.88. The molecular weight excluding hydrogens is 314 g/mol. The molecule has 2 unspecified atom stereocenters. The molecule has 0 bridgehead atoms. The fraction of sp³-hybridized carbons (Fsp3) is 0.812. The Morgan fingerprint density at radius 3 is 2.61 bits per heavy atom. The largest absolute Gasteiger partial charge is 0.444 e. The molecule has 1 aromatic heterocycles. The monoisotopic (exact) mass is 343 g/mol. The SMILES string of the molecule is CCCCSc1nnc(C(NC(=O)OC(C)(C)C)C(C)CC)o1. The van der Waals surface area contributed by atoms with Gasteiger partial charge in [-0.1, -0.05) is 45.4 Å². The molecule has 0 saturated heterocycles. The van der Waals surface area contributed by atoms with Gasteiger partial charge in [0, 0.05) is 5.75 Å². The third kappa shape index (κ3) is 7.24. The summed E-state index contributed by atoms with van der Waals surface area (Å²) in [6.45, 7) is 11.7. The van der Waals surface area contributed by atoms with E-state index in [4.69, 9.17) is 9.15 Å². The summed E-state index contributed by atoms with van der Waals surface area (Å²) in [5.41, 5.74) is -0.542. The molecule has 1 N–H and O–H groups in total. The lowest BCUT2D eigenvalue weighted by atomic mass is 9.99. The standard InChI is InChI=1S/C16H29N3O3S/c1-7-9-10-23-15-19-18-13(21-15)12(11(3)8-2)17-14(20)22-16(4,5)6/h11-12H,7-10H2,1-6H3,(H,17,20). The number of aromatic nitrogens is 2. The molecule has 0 aliphatic heterocycles. The zero-order valence-corrected chi connectivity index (χ0v) is 15.8. The second-order valence-electron chi connectivity index (χ2n) is 6.62. The second-order valence-corrected chi connectivity index (χ2v) is 7.66. The number of carbonyl (C=O) groups is 1. The first-order chi connectivity index (χ1) is 10.8. The minimum absolute atomic E-state index is 0.163. The van der Waals surface area contributed by atoms with Crippen molar-refractivity contribution in [2.45, 2.75) is 77.7 Å². The van der Waals surface area contributed by atoms with E-state index >= 15 is 0 Å². The molecule has 0 aromatic carbocycles. The summed E-state index contributed by atoms with van der Waals surface area (Å²) in [5.74, 6) is 1.55. The lowest BCUT2D eigenvalue weighted by Crippen LogP contribution is -2.37. The minimum Gasteiger partial charge on any atom is -0.444 e. The van der Waals surface area contributed by atoms with E-state index < -0.39 is 11.7 Å². The summed E-state index contributed by atoms with van der Waals surface area (Å²) >= 11 is 1.55. The van der Waals surface area contributed by atoms with Crippen LogP contribution in [0.5, 0.6) is 0 Å². The van der Waals surface area contributed by atoms with E-state index in [-0.39, 0.29) is 12.0 Å². The van der Waals surface area contributed by atoms with Gasteiger partial charge in [0.25, 0.3) is 5.22 Å². The number of hydrogen-bond donors (Lipinski definition) is 1. The van der Waals surface area contributed by atoms with Crippen LogP contribution in [0, 0.1) is 5.92 Å². The van der Waals surface area contributed by atoms with E-state index in [1.807, 2.05) is 27.7 Å². The molecule has 0 aliphatic rings. The highest BCUT2D eigenvalue weighted by Crippen LogP contribution is 2.27. The number of nitrogens with zero attached hydrogens (tertiary/aromatic N) is 2. The van der Waals surface area contributed by atoms with Gasteiger partial charge in [-0.2, -0.15) is 0 Å². The zero-order chi connectivity index (χ0) is 17.5. The van der Waals surface area contributed by atoms with Crippen LogP contribution in [0.1, 0.15) is 72.7 Å². The fourth-order valence-electron chi connectivity index (χ4n) is 1.83. The maximum atomic E-state index is 12.1. The summed E-state index contributed by atoms with van der Waals surface area (Å²) in [7, 11) is 0. The number of amides is 1. The van der Waals surface area contributed by atoms with Crippen molar-refractivity contribution in [2.24, 2.45) is 5.92 Å². The smallest absolute Gasteiger partial charge is 0.408 e. The molecule has 1 aromatic rings. The van der Waals surface area contributed by atoms with Crippen LogP contribution in [-0.2, 0) is 4.74 Å². The molecule has 132 valence electrons. The maximum Gasteiger partial charge on any atom is 0.408 e. The number of carbonyl (C=O) groups excluding carboxylic acids is 1. The molecule has 23 heavy (non-hydrogen) atoms. The van der Waals surface area contributed by atoms with Gasteiger partial charge in [-0.25, -0.2) is 4.79 Å². The Hall–Kier alpha value is -1.24. The topological polar surface area (TPSA) is 77.2 Å². The quantitative estimate of drug-likeness (QED) is 0.550. The zero-order valence-electron chi connectivity index (χ0n) is 15.0. The lowest BCUT2D eigenvalue weighted by Gasteiger charge is -2.24. The van der Waals surface area contributed by atoms with Crippen LogP contribution < -0.4 is 5.32 Å². The van der Waals surface area contributed by atoms with Crippen molar-refractivity contribution in [2.75, 3.05) is 5.75 Å². The molecule has 0 fully saturated rings. The van der Waals surface area contributed by atoms with Crippen molar-refractivity contribution < 1.29 is 13.9 Å². The highest BCUT2D eigenvalue weighted by Gasteiger charge is 2.28. The average Bonchev–Trinajstić information content (AvgIpc) is 2.91. The fourth-order valence-corrected chi connectivity index (χ4v) is 2.68. The van der Waals surface area contributed by atoms with Crippen molar-refractivity contribution >= 4 is 17.9 Å². The van der Waals surface area contributed by atoms with E-state index in [2.05, 4.69) is 29.4 Å². The van der Waals surface area contributed by atoms with E-state index in [1.54, 1.807) is 11.8 Å². The van der Waals surface area contributed by atoms with Crippen molar-refractivity contribution in [1.29, 1.82) is 0 Å². The molecule has 0 radical (unpaired) electrons. The van der Waals surface area contributed by atoms with Gasteiger partial charge in [0.05, 0.1) is 0 Å². The highest BCUT2D eigenvalue weighted by molar-refractivity contribution is 7.99. The van der Waals surface area contributed by atoms with Crippen LogP contribution >= 0.6 is 11.8 Å². The van der Waals surface area contributed by atoms with Gasteiger partial charge in [0.2, 0.25) is 5.89 Å². The van der Waals surface area contributed by atoms with Crippen molar-refractivity contribution in [3.05, 3.63) is 5.89 Å². The number of hydrogen-bond acceptors (Lipinski definition) is 6. The first-order valence-corrected chi connectivity index (χ1v) is 9.21. The lowest BCUT2D eigenvalue weighted by molar-refractivity contribution is 0.0474. The van der Waals surface area contributed by atoms with E-state index in [1.165, 1.54) is 0 Å². The molecule has 1 rings (SSSR count). The molecule has 0 spiro atoms. The Balaban J connectivity index is 2.76. The van der Waals surface area contributed by atoms with E-state index in [0.29, 0.717) is 11.1 Å². The summed E-state index contributed by atoms with van der Waals surface area (Å²) in [4.78, 5) is 12.1. The molecular formula is C16H29N3O3S. The van der Waals surface area contributed by atoms with Gasteiger partial charge >= 0.3 is 6.09 Å². The third-order valence-electron chi connectivity index (χ3n) is 3.30. The normalized spacial score (nSPS) is 14.3. The first kappa shape index (κ1) is 19.8. The molecule has 7 heteroatoms. The predicted molar refractivity (Wildman–Crippen MR) is 91.5 cm³/mol. The number of thioether (sulfide) groups is 1. The summed E-state index contributed by atoms with van der Waals surface area (Å²) < 4.78 is 11.0. The molecule has 1 amide bonds. The molecule has 1 heterocycles. The Morgan fingerprint density at radius 2 is 2.04 bits per heavy atom. The molecule has 2 atom stereocenters. The minimum atomic E-state index is -0.542. The van der Waals surface area contributed by atoms with Crippen molar-refractivity contribution in [1.82, 2.24) is 15.5 Å². The molecule has 6 nitrogen and oxygen atoms in total. The van der Waals surface area contributed by atoms with Crippen LogP contribution in [0.15, 0.2) is 9.64 Å². The highest BCUT2D eigenvalue weighted by atomic mass is 32.2. The van der Waals surface area contributed by atoms with Gasteiger partial charge in [-0.05, 0) is 33.1 Å². The van der Waals surface area contributed by atoms with Gasteiger partial charge in [0.15, 0.2) is 0 Å². The number of unbranched alkanes of at least 4 members (excludes halogenated alkanes) is 1. The van der Waals surface area contributed by atoms with Crippen LogP contribution in [-0.4, -0.2) is 27.6 Å². The summed E-state index contributed by atoms with van der Waals surface area (Å²) in [5, 5.41) is 11.6. The predicted octanol–water partition coefficient (Wildman–Crippen LogP) is 4.57. The summed E-state index contributed by atoms with van der Waals surface area (Å²) in [6.07, 6.45) is 2.64. The van der Waals surface area contributed by atoms with Crippen molar-refractivity contribution in [3.63, 3.8) is 0 Å². The van der Waals surface area contributed by atoms with Crippen LogP contribution in [0.2, 0.25) is 0 Å². The number of ether oxygens (including phenoxy) is 1. The molecule has 0 aliphatic carbocycles. The van der Waals surface area contributed by atoms with Crippen LogP contribution in [0.25, 0.3) is 0 Å². The van der Waals surface area contributed by atoms with Gasteiger partial charge in [0.1, 0.15) is 11.6 Å². The van der Waals surface area contributed by atoms with Crippen LogP contribution in [0.4, 0.5) is 4.79 Å². The number of alkyl carbamates (subject to hydrolysis) is 1. The Morgan fingerprint density at radius 1 is 1.35 bits per heavy atom. The van der Waals surface area contributed by atoms with Crippen LogP contribution in [0.3, 0.4) is 0 Å². The van der Waals surface area contributed by atoms with Crippen molar-refractivity contribution in [3.8, 4) is 0 Å². The van der Waals surface area contributed by atoms with E-state index in [9.17, 15) is 4.79 Å². The molecule has 0 saturated carbocycles. The van der Waals surface area contributed by atoms with Gasteiger partial charge < -0.3 is 14.5 Å². The average molecular weight is 343 g/mol. The number of rotatable bonds is 8. The summed E-state index contributed by atoms with van der Waals surface area (Å²) in [6, 6.07) is -0.345. The Labute approximate surface area is 143 Å². The first-order valence-electron chi connectivity index (χ1n) is 8.22. The van der Waals surface area contributed by atoms with Gasteiger partial charge in [-0.3, -0.25) is 0 Å². The van der Waals surface area contributed by atoms with E-state index in [0.717, 1.165) is 25.0 Å². The third-order valence-corrected chi connectivity index (χ3v) is 4.20. The Bertz CT molecular complexity index is 485. The number of nitrogens with one attached hydrogen (secondary N) is 1. The van der Waals surface area contributed by atoms with Gasteiger partial charge in [-0.15, -0.1) is 10.2 Å².